The van der Waals surface area contributed by atoms with Gasteiger partial charge in [0, 0.05) is 23.9 Å². The Hall–Kier alpha value is -1.92. The molecule has 0 aliphatic carbocycles. The number of aromatic nitrogens is 1. The second-order valence-electron chi connectivity index (χ2n) is 7.09. The second kappa shape index (κ2) is 6.11. The van der Waals surface area contributed by atoms with Crippen LogP contribution >= 0.6 is 11.3 Å². The third-order valence-corrected chi connectivity index (χ3v) is 6.51. The number of thiazole rings is 1. The third kappa shape index (κ3) is 2.73. The summed E-state index contributed by atoms with van der Waals surface area (Å²) in [7, 11) is 0. The van der Waals surface area contributed by atoms with Crippen LogP contribution in [-0.2, 0) is 11.2 Å². The van der Waals surface area contributed by atoms with Gasteiger partial charge < -0.3 is 14.7 Å². The normalized spacial score (nSPS) is 24.6. The van der Waals surface area contributed by atoms with E-state index in [0.717, 1.165) is 26.9 Å². The van der Waals surface area contributed by atoms with Crippen molar-refractivity contribution in [2.45, 2.75) is 26.2 Å². The van der Waals surface area contributed by atoms with Crippen molar-refractivity contribution in [1.82, 2.24) is 9.88 Å². The number of aliphatic hydroxyl groups is 1. The van der Waals surface area contributed by atoms with Crippen molar-refractivity contribution in [3.8, 4) is 5.75 Å². The molecule has 1 N–H and O–H groups in total. The van der Waals surface area contributed by atoms with Crippen LogP contribution in [0.1, 0.15) is 27.1 Å². The maximum absolute atomic E-state index is 12.9. The zero-order valence-corrected chi connectivity index (χ0v) is 15.3. The van der Waals surface area contributed by atoms with Crippen LogP contribution in [0.3, 0.4) is 0 Å². The van der Waals surface area contributed by atoms with Gasteiger partial charge in [-0.25, -0.2) is 4.98 Å². The molecule has 0 unspecified atom stereocenters. The van der Waals surface area contributed by atoms with Crippen LogP contribution < -0.4 is 4.74 Å². The van der Waals surface area contributed by atoms with Gasteiger partial charge >= 0.3 is 0 Å². The van der Waals surface area contributed by atoms with Crippen molar-refractivity contribution < 1.29 is 14.6 Å². The van der Waals surface area contributed by atoms with E-state index in [1.165, 1.54) is 0 Å². The molecular weight excluding hydrogens is 336 g/mol. The Morgan fingerprint density at radius 2 is 2.24 bits per heavy atom. The first kappa shape index (κ1) is 16.5. The Labute approximate surface area is 151 Å². The van der Waals surface area contributed by atoms with E-state index in [1.54, 1.807) is 11.3 Å². The summed E-state index contributed by atoms with van der Waals surface area (Å²) >= 11 is 1.59. The highest BCUT2D eigenvalue weighted by atomic mass is 32.1. The van der Waals surface area contributed by atoms with Crippen LogP contribution in [0.2, 0.25) is 0 Å². The molecule has 0 saturated carbocycles. The molecule has 132 valence electrons. The zero-order valence-electron chi connectivity index (χ0n) is 14.5. The number of hydrogen-bond acceptors (Lipinski definition) is 5. The number of carbonyl (C=O) groups is 1. The fourth-order valence-electron chi connectivity index (χ4n) is 4.05. The number of aryl methyl sites for hydroxylation is 2. The number of hydrogen-bond donors (Lipinski definition) is 1. The monoisotopic (exact) mass is 358 g/mol. The minimum atomic E-state index is -0.400. The molecule has 6 heteroatoms. The first-order chi connectivity index (χ1) is 12.0. The lowest BCUT2D eigenvalue weighted by Crippen LogP contribution is -2.42. The quantitative estimate of drug-likeness (QED) is 0.914. The molecule has 2 atom stereocenters. The topological polar surface area (TPSA) is 62.7 Å². The maximum Gasteiger partial charge on any atom is 0.227 e. The van der Waals surface area contributed by atoms with Crippen LogP contribution in [0.25, 0.3) is 0 Å². The molecule has 1 fully saturated rings. The van der Waals surface area contributed by atoms with Crippen molar-refractivity contribution >= 4 is 17.2 Å². The Balaban J connectivity index is 1.58. The number of likely N-dealkylation sites (tertiary alicyclic amines) is 1. The van der Waals surface area contributed by atoms with Crippen molar-refractivity contribution in [1.29, 1.82) is 0 Å². The van der Waals surface area contributed by atoms with Crippen LogP contribution in [0, 0.1) is 19.3 Å². The molecule has 2 aliphatic heterocycles. The summed E-state index contributed by atoms with van der Waals surface area (Å²) in [6.45, 7) is 5.57. The van der Waals surface area contributed by atoms with Gasteiger partial charge in [-0.15, -0.1) is 11.3 Å². The Morgan fingerprint density at radius 3 is 2.96 bits per heavy atom. The standard InChI is InChI=1S/C19H22N2O3S/c1-12-17(25-13(2)20-12)7-18(23)21-8-15-14-5-3-4-6-16(14)24-11-19(15,9-21)10-22/h3-6,15,22H,7-11H2,1-2H3/t15-,19-/m1/s1. The molecule has 25 heavy (non-hydrogen) atoms. The number of aliphatic hydroxyl groups excluding tert-OH is 1. The minimum Gasteiger partial charge on any atom is -0.493 e. The van der Waals surface area contributed by atoms with Crippen molar-refractivity contribution in [2.24, 2.45) is 5.41 Å². The second-order valence-corrected chi connectivity index (χ2v) is 8.38. The van der Waals surface area contributed by atoms with Crippen molar-refractivity contribution in [3.05, 3.63) is 45.4 Å². The predicted molar refractivity (Wildman–Crippen MR) is 96.1 cm³/mol. The number of amides is 1. The van der Waals surface area contributed by atoms with E-state index in [0.29, 0.717) is 26.1 Å². The van der Waals surface area contributed by atoms with E-state index >= 15 is 0 Å². The first-order valence-electron chi connectivity index (χ1n) is 8.56. The summed E-state index contributed by atoms with van der Waals surface area (Å²) in [5, 5.41) is 11.1. The maximum atomic E-state index is 12.9. The predicted octanol–water partition coefficient (Wildman–Crippen LogP) is 2.30. The highest BCUT2D eigenvalue weighted by Crippen LogP contribution is 2.49. The molecule has 1 aromatic heterocycles. The molecule has 0 spiro atoms. The molecule has 2 aromatic rings. The number of fused-ring (bicyclic) bond motifs is 3. The van der Waals surface area contributed by atoms with Gasteiger partial charge in [0.05, 0.1) is 35.8 Å². The fraction of sp³-hybridized carbons (Fsp3) is 0.474. The van der Waals surface area contributed by atoms with Gasteiger partial charge in [0.25, 0.3) is 0 Å². The summed E-state index contributed by atoms with van der Waals surface area (Å²) in [6.07, 6.45) is 0.383. The number of benzene rings is 1. The lowest BCUT2D eigenvalue weighted by Gasteiger charge is -2.37. The largest absolute Gasteiger partial charge is 0.493 e. The molecule has 4 rings (SSSR count). The van der Waals surface area contributed by atoms with Crippen LogP contribution in [-0.4, -0.2) is 47.2 Å². The fourth-order valence-corrected chi connectivity index (χ4v) is 4.98. The molecule has 1 aromatic carbocycles. The lowest BCUT2D eigenvalue weighted by molar-refractivity contribution is -0.130. The highest BCUT2D eigenvalue weighted by Gasteiger charge is 2.51. The van der Waals surface area contributed by atoms with E-state index < -0.39 is 5.41 Å². The van der Waals surface area contributed by atoms with Gasteiger partial charge in [0.2, 0.25) is 5.91 Å². The molecular formula is C19H22N2O3S. The Morgan fingerprint density at radius 1 is 1.44 bits per heavy atom. The molecule has 3 heterocycles. The van der Waals surface area contributed by atoms with E-state index in [4.69, 9.17) is 4.74 Å². The Kier molecular flexibility index (Phi) is 4.04. The Bertz CT molecular complexity index is 819. The van der Waals surface area contributed by atoms with Crippen LogP contribution in [0.15, 0.2) is 24.3 Å². The van der Waals surface area contributed by atoms with E-state index in [9.17, 15) is 9.90 Å². The smallest absolute Gasteiger partial charge is 0.227 e. The third-order valence-electron chi connectivity index (χ3n) is 5.44. The number of ether oxygens (including phenoxy) is 1. The first-order valence-corrected chi connectivity index (χ1v) is 9.37. The van der Waals surface area contributed by atoms with Gasteiger partial charge in [0.1, 0.15) is 5.75 Å². The van der Waals surface area contributed by atoms with Gasteiger partial charge in [-0.05, 0) is 25.5 Å². The number of rotatable bonds is 3. The zero-order chi connectivity index (χ0) is 17.6. The van der Waals surface area contributed by atoms with Gasteiger partial charge in [-0.1, -0.05) is 18.2 Å². The molecule has 0 bridgehead atoms. The molecule has 0 radical (unpaired) electrons. The van der Waals surface area contributed by atoms with Gasteiger partial charge in [-0.2, -0.15) is 0 Å². The molecule has 5 nitrogen and oxygen atoms in total. The van der Waals surface area contributed by atoms with E-state index in [2.05, 4.69) is 4.98 Å². The average Bonchev–Trinajstić information content (AvgIpc) is 3.15. The van der Waals surface area contributed by atoms with Gasteiger partial charge in [-0.3, -0.25) is 4.79 Å². The minimum absolute atomic E-state index is 0.0223. The molecule has 2 aliphatic rings. The summed E-state index contributed by atoms with van der Waals surface area (Å²) in [5.74, 6) is 1.10. The molecule has 1 amide bonds. The van der Waals surface area contributed by atoms with Crippen molar-refractivity contribution in [3.63, 3.8) is 0 Å². The summed E-state index contributed by atoms with van der Waals surface area (Å²) < 4.78 is 5.89. The lowest BCUT2D eigenvalue weighted by atomic mass is 9.74. The summed E-state index contributed by atoms with van der Waals surface area (Å²) in [5.41, 5.74) is 1.64. The van der Waals surface area contributed by atoms with Gasteiger partial charge in [0.15, 0.2) is 0 Å². The molecule has 1 saturated heterocycles. The van der Waals surface area contributed by atoms with Crippen LogP contribution in [0.5, 0.6) is 5.75 Å². The van der Waals surface area contributed by atoms with Crippen LogP contribution in [0.4, 0.5) is 0 Å². The van der Waals surface area contributed by atoms with E-state index in [1.807, 2.05) is 43.0 Å². The SMILES string of the molecule is Cc1nc(C)c(CC(=O)N2C[C@@H]3c4ccccc4OC[C@]3(CO)C2)s1. The number of nitrogens with zero attached hydrogens (tertiary/aromatic N) is 2. The summed E-state index contributed by atoms with van der Waals surface area (Å²) in [4.78, 5) is 20.2. The van der Waals surface area contributed by atoms with Crippen molar-refractivity contribution in [2.75, 3.05) is 26.3 Å². The number of para-hydroxylation sites is 1. The highest BCUT2D eigenvalue weighted by molar-refractivity contribution is 7.11. The summed E-state index contributed by atoms with van der Waals surface area (Å²) in [6, 6.07) is 7.96. The van der Waals surface area contributed by atoms with E-state index in [-0.39, 0.29) is 18.4 Å². The number of carbonyl (C=O) groups excluding carboxylic acids is 1. The average molecular weight is 358 g/mol.